The highest BCUT2D eigenvalue weighted by Crippen LogP contribution is 2.28. The van der Waals surface area contributed by atoms with Gasteiger partial charge in [-0.15, -0.1) is 0 Å². The minimum absolute atomic E-state index is 0.0566. The second-order valence-corrected chi connectivity index (χ2v) is 6.27. The summed E-state index contributed by atoms with van der Waals surface area (Å²) < 4.78 is 47.4. The van der Waals surface area contributed by atoms with E-state index in [1.54, 1.807) is 0 Å². The Kier molecular flexibility index (Phi) is 6.09. The van der Waals surface area contributed by atoms with E-state index in [4.69, 9.17) is 9.47 Å². The Labute approximate surface area is 128 Å². The van der Waals surface area contributed by atoms with E-state index in [1.165, 1.54) is 0 Å². The van der Waals surface area contributed by atoms with E-state index in [1.807, 2.05) is 6.92 Å². The molecular formula is C15H24F3NO3. The van der Waals surface area contributed by atoms with Crippen molar-refractivity contribution in [3.8, 4) is 0 Å². The van der Waals surface area contributed by atoms with E-state index >= 15 is 0 Å². The molecule has 1 saturated heterocycles. The van der Waals surface area contributed by atoms with Crippen LogP contribution in [0.4, 0.5) is 13.2 Å². The van der Waals surface area contributed by atoms with Gasteiger partial charge in [-0.25, -0.2) is 0 Å². The van der Waals surface area contributed by atoms with Gasteiger partial charge in [0.05, 0.1) is 12.2 Å². The average molecular weight is 323 g/mol. The van der Waals surface area contributed by atoms with Crippen molar-refractivity contribution in [1.82, 2.24) is 5.32 Å². The predicted molar refractivity (Wildman–Crippen MR) is 74.3 cm³/mol. The van der Waals surface area contributed by atoms with Crippen molar-refractivity contribution in [3.05, 3.63) is 0 Å². The fourth-order valence-electron chi connectivity index (χ4n) is 3.17. The highest BCUT2D eigenvalue weighted by Gasteiger charge is 2.34. The first-order valence-corrected chi connectivity index (χ1v) is 7.96. The molecule has 1 N–H and O–H groups in total. The minimum atomic E-state index is -4.31. The number of hydrogen-bond acceptors (Lipinski definition) is 3. The van der Waals surface area contributed by atoms with E-state index in [0.717, 1.165) is 25.7 Å². The molecule has 0 bridgehead atoms. The van der Waals surface area contributed by atoms with Gasteiger partial charge >= 0.3 is 6.18 Å². The molecule has 0 unspecified atom stereocenters. The molecule has 1 amide bonds. The largest absolute Gasteiger partial charge is 0.411 e. The van der Waals surface area contributed by atoms with Crippen LogP contribution in [0.15, 0.2) is 0 Å². The fourth-order valence-corrected chi connectivity index (χ4v) is 3.17. The summed E-state index contributed by atoms with van der Waals surface area (Å²) in [6.45, 7) is 1.07. The SMILES string of the molecule is C[C@@H]1CC[C@H](C(=O)NC[C@H]2CCCC[C@@H]2OCC(F)(F)F)O1. The molecule has 4 nitrogen and oxygen atoms in total. The minimum Gasteiger partial charge on any atom is -0.368 e. The number of hydrogen-bond donors (Lipinski definition) is 1. The van der Waals surface area contributed by atoms with Crippen LogP contribution < -0.4 is 5.32 Å². The van der Waals surface area contributed by atoms with Gasteiger partial charge in [-0.2, -0.15) is 13.2 Å². The van der Waals surface area contributed by atoms with Crippen molar-refractivity contribution in [2.45, 2.75) is 69.9 Å². The van der Waals surface area contributed by atoms with Crippen LogP contribution >= 0.6 is 0 Å². The first kappa shape index (κ1) is 17.5. The normalized spacial score (nSPS) is 32.9. The molecule has 2 fully saturated rings. The van der Waals surface area contributed by atoms with Crippen molar-refractivity contribution in [3.63, 3.8) is 0 Å². The summed E-state index contributed by atoms with van der Waals surface area (Å²) in [5.41, 5.74) is 0. The molecule has 0 aromatic rings. The maximum Gasteiger partial charge on any atom is 0.411 e. The molecule has 1 heterocycles. The number of amides is 1. The van der Waals surface area contributed by atoms with E-state index in [2.05, 4.69) is 5.32 Å². The molecule has 2 aliphatic rings. The van der Waals surface area contributed by atoms with Crippen molar-refractivity contribution < 1.29 is 27.4 Å². The van der Waals surface area contributed by atoms with Crippen LogP contribution in [0.2, 0.25) is 0 Å². The summed E-state index contributed by atoms with van der Waals surface area (Å²) >= 11 is 0. The molecule has 1 aliphatic carbocycles. The Morgan fingerprint density at radius 2 is 1.95 bits per heavy atom. The van der Waals surface area contributed by atoms with Gasteiger partial charge in [0.2, 0.25) is 5.91 Å². The van der Waals surface area contributed by atoms with Crippen LogP contribution in [0.3, 0.4) is 0 Å². The molecule has 22 heavy (non-hydrogen) atoms. The Morgan fingerprint density at radius 1 is 1.23 bits per heavy atom. The maximum absolute atomic E-state index is 12.3. The Balaban J connectivity index is 1.77. The second kappa shape index (κ2) is 7.64. The molecule has 128 valence electrons. The van der Waals surface area contributed by atoms with Gasteiger partial charge < -0.3 is 14.8 Å². The van der Waals surface area contributed by atoms with Gasteiger partial charge in [-0.1, -0.05) is 12.8 Å². The lowest BCUT2D eigenvalue weighted by molar-refractivity contribution is -0.193. The molecule has 1 aliphatic heterocycles. The summed E-state index contributed by atoms with van der Waals surface area (Å²) in [5.74, 6) is -0.219. The number of nitrogens with one attached hydrogen (secondary N) is 1. The molecule has 1 saturated carbocycles. The summed E-state index contributed by atoms with van der Waals surface area (Å²) in [5, 5.41) is 2.82. The number of ether oxygens (including phenoxy) is 2. The number of carbonyl (C=O) groups excluding carboxylic acids is 1. The molecular weight excluding hydrogens is 299 g/mol. The highest BCUT2D eigenvalue weighted by atomic mass is 19.4. The van der Waals surface area contributed by atoms with Gasteiger partial charge in [0, 0.05) is 12.5 Å². The van der Waals surface area contributed by atoms with Gasteiger partial charge in [-0.05, 0) is 32.6 Å². The van der Waals surface area contributed by atoms with Gasteiger partial charge in [0.1, 0.15) is 12.7 Å². The molecule has 0 aromatic heterocycles. The monoisotopic (exact) mass is 323 g/mol. The number of rotatable bonds is 5. The summed E-state index contributed by atoms with van der Waals surface area (Å²) in [6, 6.07) is 0. The molecule has 2 rings (SSSR count). The van der Waals surface area contributed by atoms with Gasteiger partial charge in [0.15, 0.2) is 0 Å². The first-order chi connectivity index (χ1) is 10.3. The quantitative estimate of drug-likeness (QED) is 0.846. The van der Waals surface area contributed by atoms with E-state index in [-0.39, 0.29) is 17.9 Å². The zero-order valence-electron chi connectivity index (χ0n) is 12.8. The van der Waals surface area contributed by atoms with Crippen LogP contribution in [0.5, 0.6) is 0 Å². The van der Waals surface area contributed by atoms with Crippen molar-refractivity contribution in [2.24, 2.45) is 5.92 Å². The van der Waals surface area contributed by atoms with E-state index < -0.39 is 25.0 Å². The standard InChI is InChI=1S/C15H24F3NO3/c1-10-6-7-13(22-10)14(20)19-8-11-4-2-3-5-12(11)21-9-15(16,17)18/h10-13H,2-9H2,1H3,(H,19,20)/t10-,11-,12+,13-/m1/s1. The number of halogens is 3. The third kappa shape index (κ3) is 5.43. The van der Waals surface area contributed by atoms with Crippen LogP contribution in [0.1, 0.15) is 45.4 Å². The number of carbonyl (C=O) groups is 1. The molecule has 0 spiro atoms. The van der Waals surface area contributed by atoms with Gasteiger partial charge in [0.25, 0.3) is 0 Å². The van der Waals surface area contributed by atoms with Crippen molar-refractivity contribution in [2.75, 3.05) is 13.2 Å². The Bertz CT molecular complexity index is 376. The maximum atomic E-state index is 12.3. The molecule has 7 heteroatoms. The van der Waals surface area contributed by atoms with E-state index in [9.17, 15) is 18.0 Å². The van der Waals surface area contributed by atoms with Crippen molar-refractivity contribution in [1.29, 1.82) is 0 Å². The fraction of sp³-hybridized carbons (Fsp3) is 0.933. The molecule has 4 atom stereocenters. The smallest absolute Gasteiger partial charge is 0.368 e. The summed E-state index contributed by atoms with van der Waals surface area (Å²) in [7, 11) is 0. The zero-order chi connectivity index (χ0) is 16.2. The van der Waals surface area contributed by atoms with Crippen LogP contribution in [0.25, 0.3) is 0 Å². The van der Waals surface area contributed by atoms with Crippen LogP contribution in [-0.2, 0) is 14.3 Å². The lowest BCUT2D eigenvalue weighted by Crippen LogP contribution is -2.42. The van der Waals surface area contributed by atoms with Crippen LogP contribution in [0, 0.1) is 5.92 Å². The first-order valence-electron chi connectivity index (χ1n) is 7.96. The lowest BCUT2D eigenvalue weighted by Gasteiger charge is -2.32. The predicted octanol–water partition coefficient (Wildman–Crippen LogP) is 2.81. The third-order valence-corrected chi connectivity index (χ3v) is 4.36. The topological polar surface area (TPSA) is 47.6 Å². The summed E-state index contributed by atoms with van der Waals surface area (Å²) in [6.07, 6.45) is -0.276. The molecule has 0 radical (unpaired) electrons. The van der Waals surface area contributed by atoms with Crippen molar-refractivity contribution >= 4 is 5.91 Å². The lowest BCUT2D eigenvalue weighted by atomic mass is 9.86. The highest BCUT2D eigenvalue weighted by molar-refractivity contribution is 5.81. The Morgan fingerprint density at radius 3 is 2.59 bits per heavy atom. The average Bonchev–Trinajstić information content (AvgIpc) is 2.89. The second-order valence-electron chi connectivity index (χ2n) is 6.27. The molecule has 0 aromatic carbocycles. The zero-order valence-corrected chi connectivity index (χ0v) is 12.8. The van der Waals surface area contributed by atoms with Gasteiger partial charge in [-0.3, -0.25) is 4.79 Å². The number of alkyl halides is 3. The summed E-state index contributed by atoms with van der Waals surface area (Å²) in [4.78, 5) is 12.0. The Hall–Kier alpha value is -0.820. The van der Waals surface area contributed by atoms with Crippen LogP contribution in [-0.4, -0.2) is 43.5 Å². The third-order valence-electron chi connectivity index (χ3n) is 4.36. The van der Waals surface area contributed by atoms with E-state index in [0.29, 0.717) is 19.4 Å².